The van der Waals surface area contributed by atoms with Crippen LogP contribution in [-0.4, -0.2) is 57.0 Å². The normalized spacial score (nSPS) is 15.7. The Morgan fingerprint density at radius 2 is 1.78 bits per heavy atom. The number of piperazine rings is 1. The molecule has 1 fully saturated rings. The van der Waals surface area contributed by atoms with Crippen molar-refractivity contribution in [1.29, 1.82) is 0 Å². The number of carbonyl (C=O) groups is 1. The molecule has 1 atom stereocenters. The van der Waals surface area contributed by atoms with E-state index in [0.717, 1.165) is 17.7 Å². The summed E-state index contributed by atoms with van der Waals surface area (Å²) >= 11 is 0. The molecule has 0 bridgehead atoms. The molecule has 1 saturated heterocycles. The van der Waals surface area contributed by atoms with Gasteiger partial charge in [-0.3, -0.25) is 9.69 Å². The Morgan fingerprint density at radius 1 is 1.03 bits per heavy atom. The van der Waals surface area contributed by atoms with Crippen molar-refractivity contribution in [2.45, 2.75) is 19.1 Å². The number of hydrogen-bond acceptors (Lipinski definition) is 7. The molecule has 0 radical (unpaired) electrons. The van der Waals surface area contributed by atoms with Gasteiger partial charge in [0.25, 0.3) is 5.91 Å². The van der Waals surface area contributed by atoms with E-state index in [0.29, 0.717) is 43.4 Å². The van der Waals surface area contributed by atoms with Crippen molar-refractivity contribution in [2.24, 2.45) is 0 Å². The Labute approximate surface area is 204 Å². The van der Waals surface area contributed by atoms with Gasteiger partial charge in [0.1, 0.15) is 0 Å². The van der Waals surface area contributed by atoms with E-state index in [1.165, 1.54) is 18.5 Å². The van der Waals surface area contributed by atoms with Crippen LogP contribution in [0.4, 0.5) is 13.2 Å². The highest BCUT2D eigenvalue weighted by atomic mass is 19.4. The van der Waals surface area contributed by atoms with Crippen LogP contribution < -0.4 is 0 Å². The second-order valence-corrected chi connectivity index (χ2v) is 8.48. The number of nitrogens with zero attached hydrogens (tertiary/aromatic N) is 5. The highest BCUT2D eigenvalue weighted by Gasteiger charge is 2.31. The van der Waals surface area contributed by atoms with E-state index in [1.54, 1.807) is 23.2 Å². The highest BCUT2D eigenvalue weighted by Crippen LogP contribution is 2.32. The lowest BCUT2D eigenvalue weighted by Gasteiger charge is -2.36. The van der Waals surface area contributed by atoms with Crippen molar-refractivity contribution in [1.82, 2.24) is 24.9 Å². The molecule has 2 aromatic heterocycles. The van der Waals surface area contributed by atoms with Crippen LogP contribution in [0.15, 0.2) is 70.1 Å². The molecule has 186 valence electrons. The molecule has 8 nitrogen and oxygen atoms in total. The highest BCUT2D eigenvalue weighted by molar-refractivity contribution is 5.94. The molecule has 11 heteroatoms. The Kier molecular flexibility index (Phi) is 6.31. The van der Waals surface area contributed by atoms with Crippen molar-refractivity contribution in [2.75, 3.05) is 26.2 Å². The summed E-state index contributed by atoms with van der Waals surface area (Å²) in [6.45, 7) is 4.10. The summed E-state index contributed by atoms with van der Waals surface area (Å²) in [4.78, 5) is 25.1. The molecule has 4 aromatic rings. The molecular weight excluding hydrogens is 475 g/mol. The topological polar surface area (TPSA) is 88.5 Å². The van der Waals surface area contributed by atoms with E-state index < -0.39 is 11.7 Å². The van der Waals surface area contributed by atoms with Gasteiger partial charge in [0.2, 0.25) is 11.7 Å². The number of oxazole rings is 1. The molecule has 0 spiro atoms. The van der Waals surface area contributed by atoms with Crippen molar-refractivity contribution >= 4 is 5.91 Å². The number of hydrogen-bond donors (Lipinski definition) is 0. The third-order valence-electron chi connectivity index (χ3n) is 6.25. The lowest BCUT2D eigenvalue weighted by Crippen LogP contribution is -2.49. The SMILES string of the molecule is CC(c1nc(-c2cccc(C(F)(F)F)c2)no1)N1CCN(C(=O)c2ccc(-c3cnco3)cc2)CC1. The lowest BCUT2D eigenvalue weighted by atomic mass is 10.1. The van der Waals surface area contributed by atoms with Gasteiger partial charge in [-0.25, -0.2) is 4.98 Å². The van der Waals surface area contributed by atoms with E-state index in [4.69, 9.17) is 8.94 Å². The number of amides is 1. The molecule has 5 rings (SSSR count). The van der Waals surface area contributed by atoms with Crippen LogP contribution in [0, 0.1) is 0 Å². The minimum Gasteiger partial charge on any atom is -0.444 e. The molecule has 1 unspecified atom stereocenters. The van der Waals surface area contributed by atoms with Crippen LogP contribution >= 0.6 is 0 Å². The van der Waals surface area contributed by atoms with Crippen molar-refractivity contribution in [3.8, 4) is 22.7 Å². The summed E-state index contributed by atoms with van der Waals surface area (Å²) in [6.07, 6.45) is -1.48. The molecule has 0 aliphatic carbocycles. The molecule has 36 heavy (non-hydrogen) atoms. The van der Waals surface area contributed by atoms with E-state index in [1.807, 2.05) is 19.1 Å². The summed E-state index contributed by atoms with van der Waals surface area (Å²) in [5, 5.41) is 3.88. The Hall–Kier alpha value is -3.99. The average molecular weight is 497 g/mol. The first-order valence-corrected chi connectivity index (χ1v) is 11.3. The largest absolute Gasteiger partial charge is 0.444 e. The third-order valence-corrected chi connectivity index (χ3v) is 6.25. The Bertz CT molecular complexity index is 1330. The van der Waals surface area contributed by atoms with Gasteiger partial charge in [0.05, 0.1) is 17.8 Å². The summed E-state index contributed by atoms with van der Waals surface area (Å²) < 4.78 is 49.7. The van der Waals surface area contributed by atoms with Crippen LogP contribution in [0.5, 0.6) is 0 Å². The lowest BCUT2D eigenvalue weighted by molar-refractivity contribution is -0.137. The fourth-order valence-electron chi connectivity index (χ4n) is 4.14. The first-order chi connectivity index (χ1) is 17.3. The van der Waals surface area contributed by atoms with Crippen molar-refractivity contribution < 1.29 is 26.9 Å². The first-order valence-electron chi connectivity index (χ1n) is 11.3. The maximum atomic E-state index is 13.0. The van der Waals surface area contributed by atoms with Gasteiger partial charge in [-0.15, -0.1) is 0 Å². The second kappa shape index (κ2) is 9.57. The van der Waals surface area contributed by atoms with Gasteiger partial charge in [0.15, 0.2) is 12.2 Å². The second-order valence-electron chi connectivity index (χ2n) is 8.48. The van der Waals surface area contributed by atoms with Crippen LogP contribution in [0.1, 0.15) is 34.8 Å². The number of carbonyl (C=O) groups excluding carboxylic acids is 1. The van der Waals surface area contributed by atoms with Gasteiger partial charge in [-0.2, -0.15) is 18.2 Å². The molecule has 1 amide bonds. The van der Waals surface area contributed by atoms with Crippen LogP contribution in [0.25, 0.3) is 22.7 Å². The third kappa shape index (κ3) is 4.87. The molecule has 1 aliphatic rings. The van der Waals surface area contributed by atoms with Crippen molar-refractivity contribution in [3.63, 3.8) is 0 Å². The monoisotopic (exact) mass is 497 g/mol. The maximum Gasteiger partial charge on any atom is 0.416 e. The average Bonchev–Trinajstić information content (AvgIpc) is 3.61. The van der Waals surface area contributed by atoms with Gasteiger partial charge < -0.3 is 13.8 Å². The molecule has 0 N–H and O–H groups in total. The summed E-state index contributed by atoms with van der Waals surface area (Å²) in [5.74, 6) is 0.987. The number of rotatable bonds is 5. The minimum absolute atomic E-state index is 0.0592. The molecule has 2 aromatic carbocycles. The maximum absolute atomic E-state index is 13.0. The standard InChI is InChI=1S/C25H22F3N5O3/c1-16(23-30-22(31-36-23)19-3-2-4-20(13-19)25(26,27)28)32-9-11-33(12-10-32)24(34)18-7-5-17(6-8-18)21-14-29-15-35-21/h2-8,13-16H,9-12H2,1H3. The fourth-order valence-corrected chi connectivity index (χ4v) is 4.14. The predicted octanol–water partition coefficient (Wildman–Crippen LogP) is 4.93. The van der Waals surface area contributed by atoms with E-state index >= 15 is 0 Å². The van der Waals surface area contributed by atoms with Gasteiger partial charge in [-0.1, -0.05) is 29.4 Å². The number of aromatic nitrogens is 3. The van der Waals surface area contributed by atoms with Crippen LogP contribution in [0.3, 0.4) is 0 Å². The predicted molar refractivity (Wildman–Crippen MR) is 123 cm³/mol. The first kappa shape index (κ1) is 23.7. The van der Waals surface area contributed by atoms with E-state index in [9.17, 15) is 18.0 Å². The zero-order valence-corrected chi connectivity index (χ0v) is 19.3. The van der Waals surface area contributed by atoms with Gasteiger partial charge in [0, 0.05) is 42.9 Å². The summed E-state index contributed by atoms with van der Waals surface area (Å²) in [7, 11) is 0. The number of alkyl halides is 3. The summed E-state index contributed by atoms with van der Waals surface area (Å²) in [6, 6.07) is 11.8. The molecule has 3 heterocycles. The minimum atomic E-state index is -4.45. The van der Waals surface area contributed by atoms with Gasteiger partial charge in [-0.05, 0) is 31.2 Å². The summed E-state index contributed by atoms with van der Waals surface area (Å²) in [5.41, 5.74) is 0.888. The van der Waals surface area contributed by atoms with E-state index in [-0.39, 0.29) is 23.3 Å². The van der Waals surface area contributed by atoms with E-state index in [2.05, 4.69) is 20.0 Å². The quantitative estimate of drug-likeness (QED) is 0.386. The van der Waals surface area contributed by atoms with Crippen LogP contribution in [-0.2, 0) is 6.18 Å². The van der Waals surface area contributed by atoms with Gasteiger partial charge >= 0.3 is 6.18 Å². The Balaban J connectivity index is 1.20. The smallest absolute Gasteiger partial charge is 0.416 e. The Morgan fingerprint density at radius 3 is 2.44 bits per heavy atom. The molecular formula is C25H22F3N5O3. The number of halogens is 3. The number of benzene rings is 2. The molecule has 0 saturated carbocycles. The fraction of sp³-hybridized carbons (Fsp3) is 0.280. The zero-order chi connectivity index (χ0) is 25.3. The van der Waals surface area contributed by atoms with Crippen molar-refractivity contribution in [3.05, 3.63) is 78.1 Å². The van der Waals surface area contributed by atoms with Crippen LogP contribution in [0.2, 0.25) is 0 Å². The molecule has 1 aliphatic heterocycles. The zero-order valence-electron chi connectivity index (χ0n) is 19.3.